The van der Waals surface area contributed by atoms with Gasteiger partial charge in [0.1, 0.15) is 0 Å². The number of nitrogens with two attached hydrogens (primary N) is 1. The van der Waals surface area contributed by atoms with Gasteiger partial charge in [0.2, 0.25) is 5.91 Å². The van der Waals surface area contributed by atoms with Crippen molar-refractivity contribution >= 4 is 67.9 Å². The third-order valence-electron chi connectivity index (χ3n) is 5.09. The van der Waals surface area contributed by atoms with E-state index in [0.717, 1.165) is 25.7 Å². The van der Waals surface area contributed by atoms with Crippen LogP contribution in [0.3, 0.4) is 0 Å². The number of rotatable bonds is 1. The Balaban J connectivity index is -0.00000135. The van der Waals surface area contributed by atoms with Crippen molar-refractivity contribution in [3.05, 3.63) is 59.7 Å². The van der Waals surface area contributed by atoms with Gasteiger partial charge in [-0.05, 0) is 47.9 Å². The number of halogens is 5. The van der Waals surface area contributed by atoms with Crippen molar-refractivity contribution in [3.8, 4) is 11.1 Å². The van der Waals surface area contributed by atoms with Crippen LogP contribution in [0.2, 0.25) is 0 Å². The van der Waals surface area contributed by atoms with Gasteiger partial charge in [-0.15, -0.1) is 62.0 Å². The topological polar surface area (TPSA) is 43.1 Å². The summed E-state index contributed by atoms with van der Waals surface area (Å²) in [5.41, 5.74) is 10.8. The molecule has 7 heteroatoms. The highest BCUT2D eigenvalue weighted by molar-refractivity contribution is 5.86. The predicted octanol–water partition coefficient (Wildman–Crippen LogP) is 7.00. The van der Waals surface area contributed by atoms with E-state index in [1.54, 1.807) is 0 Å². The molecule has 0 aromatic heterocycles. The molecule has 1 aliphatic carbocycles. The minimum absolute atomic E-state index is 0. The van der Waals surface area contributed by atoms with Crippen molar-refractivity contribution in [1.29, 1.82) is 0 Å². The molecule has 2 aromatic carbocycles. The lowest BCUT2D eigenvalue weighted by Crippen LogP contribution is -2.25. The zero-order valence-electron chi connectivity index (χ0n) is 16.4. The summed E-state index contributed by atoms with van der Waals surface area (Å²) in [4.78, 5) is 11.8. The standard InChI is InChI=1S/C22H27NO.5ClH/c23-22(24)21-11-5-3-1-2-4-8-17-9-6-12-19(14-17)20-13-7-10-18(15-20)16-21;;;;;/h6-7,9-10,12-15,21H,1-5,8,11,16H2,(H2,23,24);5*1H. The number of fused-ring (bicyclic) bond motifs is 5. The molecule has 2 nitrogen and oxygen atoms in total. The Morgan fingerprint density at radius 3 is 1.86 bits per heavy atom. The predicted molar refractivity (Wildman–Crippen MR) is 136 cm³/mol. The summed E-state index contributed by atoms with van der Waals surface area (Å²) in [6, 6.07) is 17.4. The molecule has 0 saturated heterocycles. The lowest BCUT2D eigenvalue weighted by Gasteiger charge is -2.14. The van der Waals surface area contributed by atoms with Crippen LogP contribution in [0.1, 0.15) is 49.7 Å². The third-order valence-corrected chi connectivity index (χ3v) is 5.09. The maximum Gasteiger partial charge on any atom is 0.220 e. The Labute approximate surface area is 205 Å². The average Bonchev–Trinajstić information content (AvgIpc) is 2.60. The molecule has 0 radical (unpaired) electrons. The Kier molecular flexibility index (Phi) is 19.4. The first-order chi connectivity index (χ1) is 11.7. The monoisotopic (exact) mass is 501 g/mol. The summed E-state index contributed by atoms with van der Waals surface area (Å²) in [6.45, 7) is 0. The van der Waals surface area contributed by atoms with Gasteiger partial charge in [-0.2, -0.15) is 0 Å². The van der Waals surface area contributed by atoms with Crippen LogP contribution in [-0.4, -0.2) is 5.91 Å². The zero-order chi connectivity index (χ0) is 16.8. The van der Waals surface area contributed by atoms with Crippen LogP contribution >= 0.6 is 62.0 Å². The summed E-state index contributed by atoms with van der Waals surface area (Å²) in [6.07, 6.45) is 8.86. The van der Waals surface area contributed by atoms with Gasteiger partial charge in [0.25, 0.3) is 0 Å². The zero-order valence-corrected chi connectivity index (χ0v) is 20.5. The summed E-state index contributed by atoms with van der Waals surface area (Å²) in [7, 11) is 0. The van der Waals surface area contributed by atoms with Gasteiger partial charge in [-0.3, -0.25) is 4.79 Å². The second-order valence-electron chi connectivity index (χ2n) is 7.01. The molecule has 2 aromatic rings. The maximum absolute atomic E-state index is 11.8. The van der Waals surface area contributed by atoms with Crippen LogP contribution in [0.25, 0.3) is 11.1 Å². The van der Waals surface area contributed by atoms with Crippen LogP contribution < -0.4 is 5.73 Å². The van der Waals surface area contributed by atoms with Gasteiger partial charge in [0.15, 0.2) is 0 Å². The van der Waals surface area contributed by atoms with E-state index in [9.17, 15) is 4.79 Å². The molecule has 1 amide bonds. The molecule has 0 aliphatic heterocycles. The average molecular weight is 504 g/mol. The fourth-order valence-corrected chi connectivity index (χ4v) is 3.66. The molecular formula is C22H32Cl5NO. The molecule has 1 unspecified atom stereocenters. The van der Waals surface area contributed by atoms with E-state index in [-0.39, 0.29) is 73.9 Å². The normalized spacial score (nSPS) is 15.8. The van der Waals surface area contributed by atoms with Gasteiger partial charge in [-0.25, -0.2) is 0 Å². The highest BCUT2D eigenvalue weighted by Crippen LogP contribution is 2.25. The first kappa shape index (κ1) is 33.0. The summed E-state index contributed by atoms with van der Waals surface area (Å²) in [5.74, 6) is -0.205. The van der Waals surface area contributed by atoms with E-state index in [4.69, 9.17) is 5.73 Å². The van der Waals surface area contributed by atoms with E-state index in [1.165, 1.54) is 47.9 Å². The molecule has 2 N–H and O–H groups in total. The summed E-state index contributed by atoms with van der Waals surface area (Å²) in [5, 5.41) is 0. The third kappa shape index (κ3) is 10.3. The van der Waals surface area contributed by atoms with Crippen LogP contribution in [0.4, 0.5) is 0 Å². The lowest BCUT2D eigenvalue weighted by molar-refractivity contribution is -0.122. The number of amides is 1. The first-order valence-electron chi connectivity index (χ1n) is 9.20. The van der Waals surface area contributed by atoms with Crippen molar-refractivity contribution in [1.82, 2.24) is 0 Å². The number of benzene rings is 2. The smallest absolute Gasteiger partial charge is 0.220 e. The van der Waals surface area contributed by atoms with Crippen molar-refractivity contribution in [3.63, 3.8) is 0 Å². The van der Waals surface area contributed by atoms with Gasteiger partial charge >= 0.3 is 0 Å². The molecule has 0 fully saturated rings. The van der Waals surface area contributed by atoms with Gasteiger partial charge in [0, 0.05) is 5.92 Å². The first-order valence-corrected chi connectivity index (χ1v) is 9.20. The molecule has 1 aliphatic rings. The lowest BCUT2D eigenvalue weighted by atomic mass is 9.91. The van der Waals surface area contributed by atoms with E-state index >= 15 is 0 Å². The van der Waals surface area contributed by atoms with Gasteiger partial charge in [-0.1, -0.05) is 74.2 Å². The van der Waals surface area contributed by atoms with E-state index in [2.05, 4.69) is 48.5 Å². The minimum atomic E-state index is -0.160. The minimum Gasteiger partial charge on any atom is -0.369 e. The Hall–Kier alpha value is -0.640. The number of carbonyl (C=O) groups excluding carboxylic acids is 1. The highest BCUT2D eigenvalue weighted by atomic mass is 35.5. The van der Waals surface area contributed by atoms with E-state index < -0.39 is 0 Å². The quantitative estimate of drug-likeness (QED) is 0.447. The number of primary amides is 1. The van der Waals surface area contributed by atoms with Crippen molar-refractivity contribution in [2.45, 2.75) is 51.4 Å². The Bertz CT molecular complexity index is 711. The highest BCUT2D eigenvalue weighted by Gasteiger charge is 2.16. The van der Waals surface area contributed by atoms with E-state index in [0.29, 0.717) is 0 Å². The van der Waals surface area contributed by atoms with E-state index in [1.807, 2.05) is 0 Å². The molecule has 1 atom stereocenters. The molecule has 0 saturated carbocycles. The molecule has 4 bridgehead atoms. The molecule has 29 heavy (non-hydrogen) atoms. The number of hydrogen-bond donors (Lipinski definition) is 1. The van der Waals surface area contributed by atoms with Crippen LogP contribution in [0, 0.1) is 5.92 Å². The summed E-state index contributed by atoms with van der Waals surface area (Å²) < 4.78 is 0. The van der Waals surface area contributed by atoms with Crippen molar-refractivity contribution in [2.75, 3.05) is 0 Å². The van der Waals surface area contributed by atoms with Crippen LogP contribution in [-0.2, 0) is 17.6 Å². The summed E-state index contributed by atoms with van der Waals surface area (Å²) >= 11 is 0. The number of aryl methyl sites for hydroxylation is 1. The van der Waals surface area contributed by atoms with Gasteiger partial charge in [0.05, 0.1) is 0 Å². The van der Waals surface area contributed by atoms with Crippen molar-refractivity contribution < 1.29 is 4.79 Å². The number of carbonyl (C=O) groups is 1. The second kappa shape index (κ2) is 17.1. The molecular weight excluding hydrogens is 472 g/mol. The molecule has 0 spiro atoms. The van der Waals surface area contributed by atoms with Crippen LogP contribution in [0.15, 0.2) is 48.5 Å². The maximum atomic E-state index is 11.8. The molecule has 3 rings (SSSR count). The molecule has 166 valence electrons. The number of hydrogen-bond acceptors (Lipinski definition) is 1. The van der Waals surface area contributed by atoms with Crippen LogP contribution in [0.5, 0.6) is 0 Å². The van der Waals surface area contributed by atoms with Gasteiger partial charge < -0.3 is 5.73 Å². The Morgan fingerprint density at radius 1 is 0.724 bits per heavy atom. The second-order valence-corrected chi connectivity index (χ2v) is 7.01. The van der Waals surface area contributed by atoms with Crippen molar-refractivity contribution in [2.24, 2.45) is 11.7 Å². The largest absolute Gasteiger partial charge is 0.369 e. The molecule has 0 heterocycles. The fraction of sp³-hybridized carbons (Fsp3) is 0.409. The SMILES string of the molecule is Cl.Cl.Cl.Cl.Cl.NC(=O)C1CCCCCCCc2cccc(c2)-c2cccc(c2)C1. The Morgan fingerprint density at radius 2 is 1.24 bits per heavy atom. The fourth-order valence-electron chi connectivity index (χ4n) is 3.66.